The zero-order valence-electron chi connectivity index (χ0n) is 11.4. The molecule has 0 fully saturated rings. The lowest BCUT2D eigenvalue weighted by Crippen LogP contribution is -2.25. The molecule has 0 radical (unpaired) electrons. The van der Waals surface area contributed by atoms with Crippen LogP contribution >= 0.6 is 0 Å². The number of para-hydroxylation sites is 3. The Labute approximate surface area is 113 Å². The molecule has 0 aliphatic carbocycles. The van der Waals surface area contributed by atoms with E-state index in [1.807, 2.05) is 56.3 Å². The number of amides is 1. The first-order valence-corrected chi connectivity index (χ1v) is 6.41. The lowest BCUT2D eigenvalue weighted by molar-refractivity contribution is 0.0993. The van der Waals surface area contributed by atoms with E-state index in [0.29, 0.717) is 17.1 Å². The number of hydrogen-bond donors (Lipinski definition) is 0. The minimum atomic E-state index is -0.0504. The predicted octanol–water partition coefficient (Wildman–Crippen LogP) is 4.10. The summed E-state index contributed by atoms with van der Waals surface area (Å²) in [6.45, 7) is 4.00. The predicted molar refractivity (Wildman–Crippen MR) is 77.0 cm³/mol. The number of benzene rings is 2. The van der Waals surface area contributed by atoms with Crippen molar-refractivity contribution in [3.63, 3.8) is 0 Å². The fourth-order valence-corrected chi connectivity index (χ4v) is 1.96. The summed E-state index contributed by atoms with van der Waals surface area (Å²) in [7, 11) is 1.76. The van der Waals surface area contributed by atoms with Crippen LogP contribution in [0.25, 0.3) is 0 Å². The van der Waals surface area contributed by atoms with E-state index in [1.54, 1.807) is 18.0 Å². The minimum Gasteiger partial charge on any atom is -0.454 e. The average Bonchev–Trinajstić information content (AvgIpc) is 2.58. The molecule has 98 valence electrons. The monoisotopic (exact) mass is 255 g/mol. The van der Waals surface area contributed by atoms with Crippen molar-refractivity contribution in [1.82, 2.24) is 0 Å². The maximum Gasteiger partial charge on any atom is 0.261 e. The van der Waals surface area contributed by atoms with Crippen LogP contribution in [0.3, 0.4) is 0 Å². The van der Waals surface area contributed by atoms with E-state index < -0.39 is 0 Å². The molecule has 2 aromatic rings. The van der Waals surface area contributed by atoms with Crippen molar-refractivity contribution in [2.75, 3.05) is 11.9 Å². The van der Waals surface area contributed by atoms with E-state index >= 15 is 0 Å². The van der Waals surface area contributed by atoms with Gasteiger partial charge in [-0.1, -0.05) is 38.1 Å². The number of carbonyl (C=O) groups is 1. The van der Waals surface area contributed by atoms with Gasteiger partial charge in [0.05, 0.1) is 11.3 Å². The van der Waals surface area contributed by atoms with Gasteiger partial charge in [0.2, 0.25) is 0 Å². The van der Waals surface area contributed by atoms with E-state index in [1.165, 1.54) is 0 Å². The Morgan fingerprint density at radius 2 is 1.47 bits per heavy atom. The Morgan fingerprint density at radius 1 is 0.895 bits per heavy atom. The highest BCUT2D eigenvalue weighted by Crippen LogP contribution is 2.37. The van der Waals surface area contributed by atoms with Crippen LogP contribution < -0.4 is 9.64 Å². The van der Waals surface area contributed by atoms with Crippen LogP contribution in [0.2, 0.25) is 0 Å². The molecule has 1 amide bonds. The van der Waals surface area contributed by atoms with Crippen molar-refractivity contribution in [2.45, 2.75) is 13.8 Å². The molecule has 0 saturated carbocycles. The molecule has 0 bridgehead atoms. The molecule has 3 nitrogen and oxygen atoms in total. The Kier molecular flexibility index (Phi) is 3.85. The van der Waals surface area contributed by atoms with Crippen LogP contribution in [0.1, 0.15) is 24.2 Å². The summed E-state index contributed by atoms with van der Waals surface area (Å²) in [6.07, 6.45) is 0. The molecule has 0 N–H and O–H groups in total. The van der Waals surface area contributed by atoms with Crippen LogP contribution in [0.15, 0.2) is 48.5 Å². The van der Waals surface area contributed by atoms with Crippen LogP contribution in [0.5, 0.6) is 11.5 Å². The first-order valence-electron chi connectivity index (χ1n) is 6.41. The van der Waals surface area contributed by atoms with Gasteiger partial charge in [-0.05, 0) is 24.3 Å². The van der Waals surface area contributed by atoms with Gasteiger partial charge >= 0.3 is 0 Å². The second-order valence-electron chi connectivity index (χ2n) is 3.93. The molecule has 0 spiro atoms. The lowest BCUT2D eigenvalue weighted by atomic mass is 10.2. The molecule has 3 heteroatoms. The molecular formula is C16H17NO2. The summed E-state index contributed by atoms with van der Waals surface area (Å²) in [4.78, 5) is 13.9. The molecular weight excluding hydrogens is 238 g/mol. The van der Waals surface area contributed by atoms with Crippen LogP contribution in [0, 0.1) is 0 Å². The lowest BCUT2D eigenvalue weighted by Gasteiger charge is -2.15. The second-order valence-corrected chi connectivity index (χ2v) is 3.93. The number of carbonyl (C=O) groups excluding carboxylic acids is 1. The topological polar surface area (TPSA) is 29.5 Å². The number of nitrogens with zero attached hydrogens (tertiary/aromatic N) is 1. The minimum absolute atomic E-state index is 0.0504. The Bertz CT molecular complexity index is 593. The average molecular weight is 255 g/mol. The highest BCUT2D eigenvalue weighted by Gasteiger charge is 2.24. The smallest absolute Gasteiger partial charge is 0.261 e. The SMILES string of the molecule is CC.CN1C(=O)c2ccccc2Oc2ccccc21. The van der Waals surface area contributed by atoms with Gasteiger partial charge in [0.1, 0.15) is 5.75 Å². The Hall–Kier alpha value is -2.29. The van der Waals surface area contributed by atoms with Crippen LogP contribution in [-0.2, 0) is 0 Å². The third-order valence-electron chi connectivity index (χ3n) is 2.87. The van der Waals surface area contributed by atoms with E-state index in [2.05, 4.69) is 0 Å². The van der Waals surface area contributed by atoms with Crippen molar-refractivity contribution < 1.29 is 9.53 Å². The quantitative estimate of drug-likeness (QED) is 0.709. The molecule has 0 atom stereocenters. The third kappa shape index (κ3) is 2.32. The Balaban J connectivity index is 0.000000637. The zero-order chi connectivity index (χ0) is 13.8. The van der Waals surface area contributed by atoms with Gasteiger partial charge in [-0.3, -0.25) is 4.79 Å². The molecule has 1 aliphatic rings. The Morgan fingerprint density at radius 3 is 2.21 bits per heavy atom. The maximum absolute atomic E-state index is 12.2. The number of rotatable bonds is 0. The summed E-state index contributed by atoms with van der Waals surface area (Å²) < 4.78 is 5.78. The van der Waals surface area contributed by atoms with E-state index in [4.69, 9.17) is 4.74 Å². The highest BCUT2D eigenvalue weighted by molar-refractivity contribution is 6.09. The van der Waals surface area contributed by atoms with Crippen LogP contribution in [0.4, 0.5) is 5.69 Å². The summed E-state index contributed by atoms with van der Waals surface area (Å²) in [5.41, 5.74) is 1.37. The third-order valence-corrected chi connectivity index (χ3v) is 2.87. The first kappa shape index (κ1) is 13.1. The summed E-state index contributed by atoms with van der Waals surface area (Å²) in [5.74, 6) is 1.26. The van der Waals surface area contributed by atoms with Crippen molar-refractivity contribution in [3.8, 4) is 11.5 Å². The summed E-state index contributed by atoms with van der Waals surface area (Å²) in [6, 6.07) is 14.8. The standard InChI is InChI=1S/C14H11NO2.C2H6/c1-15-11-7-3-5-9-13(11)17-12-8-4-2-6-10(12)14(15)16;1-2/h2-9H,1H3;1-2H3. The van der Waals surface area contributed by atoms with E-state index in [9.17, 15) is 4.79 Å². The van der Waals surface area contributed by atoms with Crippen molar-refractivity contribution >= 4 is 11.6 Å². The van der Waals surface area contributed by atoms with E-state index in [-0.39, 0.29) is 5.91 Å². The van der Waals surface area contributed by atoms with Gasteiger partial charge in [0.25, 0.3) is 5.91 Å². The van der Waals surface area contributed by atoms with E-state index in [0.717, 1.165) is 5.69 Å². The van der Waals surface area contributed by atoms with Gasteiger partial charge in [-0.15, -0.1) is 0 Å². The molecule has 1 heterocycles. The van der Waals surface area contributed by atoms with Gasteiger partial charge in [-0.25, -0.2) is 0 Å². The molecule has 3 rings (SSSR count). The molecule has 19 heavy (non-hydrogen) atoms. The molecule has 2 aromatic carbocycles. The molecule has 1 aliphatic heterocycles. The fourth-order valence-electron chi connectivity index (χ4n) is 1.96. The first-order chi connectivity index (χ1) is 9.27. The normalized spacial score (nSPS) is 12.4. The van der Waals surface area contributed by atoms with Crippen LogP contribution in [-0.4, -0.2) is 13.0 Å². The summed E-state index contributed by atoms with van der Waals surface area (Å²) >= 11 is 0. The maximum atomic E-state index is 12.2. The zero-order valence-corrected chi connectivity index (χ0v) is 11.4. The molecule has 0 saturated heterocycles. The molecule has 0 unspecified atom stereocenters. The largest absolute Gasteiger partial charge is 0.454 e. The number of ether oxygens (including phenoxy) is 1. The van der Waals surface area contributed by atoms with Gasteiger partial charge in [0, 0.05) is 7.05 Å². The van der Waals surface area contributed by atoms with Crippen molar-refractivity contribution in [1.29, 1.82) is 0 Å². The summed E-state index contributed by atoms with van der Waals surface area (Å²) in [5, 5.41) is 0. The number of hydrogen-bond acceptors (Lipinski definition) is 2. The number of fused-ring (bicyclic) bond motifs is 2. The van der Waals surface area contributed by atoms with Gasteiger partial charge in [-0.2, -0.15) is 0 Å². The molecule has 0 aromatic heterocycles. The van der Waals surface area contributed by atoms with Gasteiger partial charge < -0.3 is 9.64 Å². The van der Waals surface area contributed by atoms with Crippen molar-refractivity contribution in [2.24, 2.45) is 0 Å². The second kappa shape index (κ2) is 5.57. The van der Waals surface area contributed by atoms with Gasteiger partial charge in [0.15, 0.2) is 5.75 Å². The highest BCUT2D eigenvalue weighted by atomic mass is 16.5. The fraction of sp³-hybridized carbons (Fsp3) is 0.188. The number of anilines is 1. The van der Waals surface area contributed by atoms with Crippen molar-refractivity contribution in [3.05, 3.63) is 54.1 Å².